The van der Waals surface area contributed by atoms with Gasteiger partial charge in [-0.1, -0.05) is 70.2 Å². The summed E-state index contributed by atoms with van der Waals surface area (Å²) >= 11 is 0. The Morgan fingerprint density at radius 3 is 2.26 bits per heavy atom. The van der Waals surface area contributed by atoms with Crippen molar-refractivity contribution in [3.8, 4) is 0 Å². The highest BCUT2D eigenvalue weighted by Gasteiger charge is 2.31. The normalized spacial score (nSPS) is 14.9. The van der Waals surface area contributed by atoms with E-state index in [9.17, 15) is 13.8 Å². The molecule has 6 nitrogen and oxygen atoms in total. The number of fused-ring (bicyclic) bond motifs is 2. The van der Waals surface area contributed by atoms with Gasteiger partial charge < -0.3 is 15.1 Å². The van der Waals surface area contributed by atoms with Gasteiger partial charge in [0.15, 0.2) is 0 Å². The lowest BCUT2D eigenvalue weighted by Gasteiger charge is -2.26. The third-order valence-electron chi connectivity index (χ3n) is 6.64. The Morgan fingerprint density at radius 1 is 0.897 bits per heavy atom. The average molecular weight is 546 g/mol. The van der Waals surface area contributed by atoms with Crippen molar-refractivity contribution in [3.63, 3.8) is 0 Å². The first-order valence-corrected chi connectivity index (χ1v) is 14.9. The van der Waals surface area contributed by atoms with E-state index in [4.69, 9.17) is 0 Å². The lowest BCUT2D eigenvalue weighted by atomic mass is 10.1. The number of carbonyl (C=O) groups excluding carboxylic acids is 2. The third-order valence-corrected chi connectivity index (χ3v) is 8.14. The van der Waals surface area contributed by atoms with Gasteiger partial charge in [-0.05, 0) is 60.7 Å². The number of hydrogen-bond donors (Lipinski definition) is 1. The van der Waals surface area contributed by atoms with Gasteiger partial charge >= 0.3 is 0 Å². The molecule has 0 radical (unpaired) electrons. The predicted molar refractivity (Wildman–Crippen MR) is 158 cm³/mol. The summed E-state index contributed by atoms with van der Waals surface area (Å²) in [5, 5.41) is 3.04. The van der Waals surface area contributed by atoms with Crippen molar-refractivity contribution in [2.24, 2.45) is 11.8 Å². The minimum Gasteiger partial charge on any atom is -0.352 e. The van der Waals surface area contributed by atoms with Crippen LogP contribution in [0.5, 0.6) is 0 Å². The van der Waals surface area contributed by atoms with E-state index in [2.05, 4.69) is 37.9 Å². The highest BCUT2D eigenvalue weighted by molar-refractivity contribution is 7.85. The lowest BCUT2D eigenvalue weighted by Crippen LogP contribution is -2.34. The van der Waals surface area contributed by atoms with Crippen molar-refractivity contribution in [3.05, 3.63) is 89.5 Å². The van der Waals surface area contributed by atoms with Gasteiger partial charge in [0.1, 0.15) is 0 Å². The van der Waals surface area contributed by atoms with Crippen LogP contribution in [0.1, 0.15) is 60.4 Å². The molecule has 206 valence electrons. The molecule has 1 aliphatic rings. The molecule has 1 heterocycles. The molecule has 7 heteroatoms. The first-order chi connectivity index (χ1) is 18.7. The van der Waals surface area contributed by atoms with E-state index < -0.39 is 10.8 Å². The Morgan fingerprint density at radius 2 is 1.56 bits per heavy atom. The molecule has 1 N–H and O–H groups in total. The van der Waals surface area contributed by atoms with E-state index in [0.29, 0.717) is 51.5 Å². The molecule has 0 saturated carbocycles. The quantitative estimate of drug-likeness (QED) is 0.312. The van der Waals surface area contributed by atoms with Crippen molar-refractivity contribution < 1.29 is 13.8 Å². The summed E-state index contributed by atoms with van der Waals surface area (Å²) in [6.45, 7) is 12.8. The first kappa shape index (κ1) is 28.7. The molecule has 0 fully saturated rings. The second-order valence-corrected chi connectivity index (χ2v) is 12.4. The number of anilines is 1. The maximum Gasteiger partial charge on any atom is 0.259 e. The van der Waals surface area contributed by atoms with Crippen molar-refractivity contribution in [1.29, 1.82) is 0 Å². The van der Waals surface area contributed by atoms with E-state index in [1.54, 1.807) is 47.4 Å². The average Bonchev–Trinajstić information content (AvgIpc) is 3.00. The number of rotatable bonds is 11. The molecular formula is C32H39N3O3S. The zero-order chi connectivity index (χ0) is 27.9. The third kappa shape index (κ3) is 7.22. The second kappa shape index (κ2) is 13.2. The molecule has 0 aliphatic carbocycles. The Hall–Kier alpha value is -3.29. The number of nitrogens with zero attached hydrogens (tertiary/aromatic N) is 2. The number of amides is 2. The van der Waals surface area contributed by atoms with Crippen LogP contribution in [0.2, 0.25) is 0 Å². The molecule has 1 aliphatic heterocycles. The molecule has 39 heavy (non-hydrogen) atoms. The summed E-state index contributed by atoms with van der Waals surface area (Å²) in [5.74, 6) is 0.763. The molecule has 2 amide bonds. The van der Waals surface area contributed by atoms with Crippen molar-refractivity contribution in [1.82, 2.24) is 10.2 Å². The van der Waals surface area contributed by atoms with Crippen molar-refractivity contribution in [2.75, 3.05) is 31.1 Å². The van der Waals surface area contributed by atoms with Gasteiger partial charge in [0.2, 0.25) is 0 Å². The van der Waals surface area contributed by atoms with E-state index in [1.165, 1.54) is 0 Å². The molecule has 0 spiro atoms. The maximum absolute atomic E-state index is 13.7. The minimum absolute atomic E-state index is 0.197. The Kier molecular flexibility index (Phi) is 9.70. The van der Waals surface area contributed by atoms with Crippen LogP contribution >= 0.6 is 0 Å². The van der Waals surface area contributed by atoms with E-state index in [-0.39, 0.29) is 11.8 Å². The summed E-state index contributed by atoms with van der Waals surface area (Å²) in [6.07, 6.45) is 0.855. The van der Waals surface area contributed by atoms with Crippen LogP contribution in [0.4, 0.5) is 5.69 Å². The van der Waals surface area contributed by atoms with Gasteiger partial charge in [-0.25, -0.2) is 4.21 Å². The Labute approximate surface area is 234 Å². The van der Waals surface area contributed by atoms with Crippen LogP contribution in [0.25, 0.3) is 0 Å². The number of carbonyl (C=O) groups is 2. The largest absolute Gasteiger partial charge is 0.352 e. The van der Waals surface area contributed by atoms with Crippen LogP contribution in [0, 0.1) is 11.8 Å². The van der Waals surface area contributed by atoms with E-state index in [1.807, 2.05) is 30.3 Å². The monoisotopic (exact) mass is 545 g/mol. The molecule has 0 bridgehead atoms. The van der Waals surface area contributed by atoms with Crippen LogP contribution in [-0.2, 0) is 17.3 Å². The van der Waals surface area contributed by atoms with Gasteiger partial charge in [0.05, 0.1) is 38.4 Å². The van der Waals surface area contributed by atoms with Crippen LogP contribution in [-0.4, -0.2) is 47.1 Å². The maximum atomic E-state index is 13.7. The summed E-state index contributed by atoms with van der Waals surface area (Å²) < 4.78 is 13.6. The zero-order valence-electron chi connectivity index (χ0n) is 23.4. The standard InChI is InChI=1S/C32H39N3O3S/c1-23(2)20-34(21-24(3)4)18-10-17-33-31(36)26-15-16-30-28(19-26)35(22-25-11-6-5-7-12-25)32(37)27-13-8-9-14-29(27)39(30)38/h5-9,11-16,19,23-24H,10,17-18,20-22H2,1-4H3,(H,33,36)/t39-/m1/s1. The van der Waals surface area contributed by atoms with Gasteiger partial charge in [-0.3, -0.25) is 9.59 Å². The highest BCUT2D eigenvalue weighted by Crippen LogP contribution is 2.36. The lowest BCUT2D eigenvalue weighted by molar-refractivity contribution is 0.0947. The SMILES string of the molecule is CC(C)CN(CCCNC(=O)c1ccc2c(c1)N(Cc1ccccc1)C(=O)c1ccccc1[S@]2=O)CC(C)C. The fraction of sp³-hybridized carbons (Fsp3) is 0.375. The van der Waals surface area contributed by atoms with Gasteiger partial charge in [-0.15, -0.1) is 0 Å². The summed E-state index contributed by atoms with van der Waals surface area (Å²) in [4.78, 5) is 32.0. The molecule has 0 saturated heterocycles. The van der Waals surface area contributed by atoms with Crippen molar-refractivity contribution >= 4 is 28.3 Å². The smallest absolute Gasteiger partial charge is 0.259 e. The van der Waals surface area contributed by atoms with Crippen LogP contribution < -0.4 is 10.2 Å². The first-order valence-electron chi connectivity index (χ1n) is 13.8. The molecule has 0 unspecified atom stereocenters. The fourth-order valence-corrected chi connectivity index (χ4v) is 6.37. The number of benzene rings is 3. The Bertz CT molecular complexity index is 1310. The topological polar surface area (TPSA) is 69.7 Å². The van der Waals surface area contributed by atoms with Gasteiger partial charge in [0.25, 0.3) is 11.8 Å². The number of hydrogen-bond acceptors (Lipinski definition) is 4. The fourth-order valence-electron chi connectivity index (χ4n) is 5.02. The van der Waals surface area contributed by atoms with Crippen LogP contribution in [0.3, 0.4) is 0 Å². The highest BCUT2D eigenvalue weighted by atomic mass is 32.2. The summed E-state index contributed by atoms with van der Waals surface area (Å²) in [6, 6.07) is 21.9. The van der Waals surface area contributed by atoms with Gasteiger partial charge in [-0.2, -0.15) is 0 Å². The molecule has 1 atom stereocenters. The minimum atomic E-state index is -1.55. The number of nitrogens with one attached hydrogen (secondary N) is 1. The van der Waals surface area contributed by atoms with Crippen LogP contribution in [0.15, 0.2) is 82.6 Å². The Balaban J connectivity index is 1.55. The molecule has 0 aromatic heterocycles. The second-order valence-electron chi connectivity index (χ2n) is 11.0. The molecule has 3 aromatic carbocycles. The molecule has 4 rings (SSSR count). The van der Waals surface area contributed by atoms with E-state index in [0.717, 1.165) is 31.6 Å². The van der Waals surface area contributed by atoms with Crippen molar-refractivity contribution in [2.45, 2.75) is 50.5 Å². The zero-order valence-corrected chi connectivity index (χ0v) is 24.2. The molecular weight excluding hydrogens is 506 g/mol. The predicted octanol–water partition coefficient (Wildman–Crippen LogP) is 5.75. The summed E-state index contributed by atoms with van der Waals surface area (Å²) in [7, 11) is -1.55. The summed E-state index contributed by atoms with van der Waals surface area (Å²) in [5.41, 5.74) is 2.32. The van der Waals surface area contributed by atoms with Gasteiger partial charge in [0, 0.05) is 25.2 Å². The van der Waals surface area contributed by atoms with E-state index >= 15 is 0 Å². The molecule has 3 aromatic rings.